The number of para-hydroxylation sites is 1. The molecule has 1 N–H and O–H groups in total. The van der Waals surface area contributed by atoms with Gasteiger partial charge >= 0.3 is 5.97 Å². The number of aryl methyl sites for hydroxylation is 3. The quantitative estimate of drug-likeness (QED) is 0.321. The van der Waals surface area contributed by atoms with Crippen LogP contribution in [0.2, 0.25) is 0 Å². The summed E-state index contributed by atoms with van der Waals surface area (Å²) in [7, 11) is 0. The smallest absolute Gasteiger partial charge is 0.339 e. The maximum Gasteiger partial charge on any atom is 0.339 e. The van der Waals surface area contributed by atoms with Crippen molar-refractivity contribution >= 4 is 44.4 Å². The number of pyridine rings is 1. The van der Waals surface area contributed by atoms with Crippen LogP contribution < -0.4 is 5.32 Å². The molecule has 0 aliphatic carbocycles. The minimum absolute atomic E-state index is 0.374. The highest BCUT2D eigenvalue weighted by molar-refractivity contribution is 9.10. The Morgan fingerprint density at radius 2 is 1.61 bits per heavy atom. The molecular weight excluding hydrogens is 480 g/mol. The predicted octanol–water partition coefficient (Wildman–Crippen LogP) is 6.39. The average Bonchev–Trinajstić information content (AvgIpc) is 2.80. The third-order valence-electron chi connectivity index (χ3n) is 5.34. The van der Waals surface area contributed by atoms with E-state index in [9.17, 15) is 9.59 Å². The zero-order valence-electron chi connectivity index (χ0n) is 18.6. The lowest BCUT2D eigenvalue weighted by Crippen LogP contribution is -2.21. The van der Waals surface area contributed by atoms with Crippen LogP contribution in [0, 0.1) is 20.8 Å². The van der Waals surface area contributed by atoms with Crippen LogP contribution in [0.5, 0.6) is 0 Å². The fourth-order valence-corrected chi connectivity index (χ4v) is 3.87. The van der Waals surface area contributed by atoms with Gasteiger partial charge in [-0.15, -0.1) is 0 Å². The van der Waals surface area contributed by atoms with Crippen LogP contribution in [0.1, 0.15) is 27.0 Å². The number of esters is 1. The first-order valence-electron chi connectivity index (χ1n) is 10.5. The van der Waals surface area contributed by atoms with E-state index in [0.29, 0.717) is 27.8 Å². The molecule has 5 nitrogen and oxygen atoms in total. The van der Waals surface area contributed by atoms with Gasteiger partial charge in [-0.3, -0.25) is 4.79 Å². The predicted molar refractivity (Wildman–Crippen MR) is 134 cm³/mol. The number of fused-ring (bicyclic) bond motifs is 1. The molecule has 3 aromatic carbocycles. The van der Waals surface area contributed by atoms with Gasteiger partial charge in [-0.25, -0.2) is 9.78 Å². The lowest BCUT2D eigenvalue weighted by Gasteiger charge is -2.12. The van der Waals surface area contributed by atoms with E-state index in [1.165, 1.54) is 0 Å². The summed E-state index contributed by atoms with van der Waals surface area (Å²) in [5, 5.41) is 3.47. The summed E-state index contributed by atoms with van der Waals surface area (Å²) in [6.45, 7) is 5.53. The number of ether oxygens (including phenoxy) is 1. The minimum Gasteiger partial charge on any atom is -0.452 e. The van der Waals surface area contributed by atoms with Crippen molar-refractivity contribution < 1.29 is 14.3 Å². The van der Waals surface area contributed by atoms with E-state index in [0.717, 1.165) is 26.7 Å². The highest BCUT2D eigenvalue weighted by Crippen LogP contribution is 2.27. The third kappa shape index (κ3) is 5.12. The van der Waals surface area contributed by atoms with Gasteiger partial charge in [0.05, 0.1) is 16.8 Å². The van der Waals surface area contributed by atoms with Crippen LogP contribution in [-0.2, 0) is 9.53 Å². The highest BCUT2D eigenvalue weighted by atomic mass is 79.9. The van der Waals surface area contributed by atoms with Gasteiger partial charge < -0.3 is 10.1 Å². The lowest BCUT2D eigenvalue weighted by molar-refractivity contribution is -0.119. The fourth-order valence-electron chi connectivity index (χ4n) is 3.64. The van der Waals surface area contributed by atoms with Crippen LogP contribution in [-0.4, -0.2) is 23.5 Å². The number of carbonyl (C=O) groups is 2. The number of hydrogen-bond acceptors (Lipinski definition) is 4. The summed E-state index contributed by atoms with van der Waals surface area (Å²) < 4.78 is 6.38. The van der Waals surface area contributed by atoms with Crippen LogP contribution in [0.3, 0.4) is 0 Å². The van der Waals surface area contributed by atoms with E-state index in [-0.39, 0.29) is 6.61 Å². The first kappa shape index (κ1) is 22.7. The Morgan fingerprint density at radius 1 is 0.939 bits per heavy atom. The van der Waals surface area contributed by atoms with Crippen molar-refractivity contribution in [1.29, 1.82) is 0 Å². The number of halogens is 1. The van der Waals surface area contributed by atoms with Crippen molar-refractivity contribution in [2.24, 2.45) is 0 Å². The van der Waals surface area contributed by atoms with Crippen LogP contribution in [0.25, 0.3) is 22.2 Å². The Balaban J connectivity index is 1.55. The number of carbonyl (C=O) groups excluding carboxylic acids is 2. The monoisotopic (exact) mass is 502 g/mol. The van der Waals surface area contributed by atoms with E-state index < -0.39 is 11.9 Å². The number of amides is 1. The normalized spacial score (nSPS) is 10.8. The van der Waals surface area contributed by atoms with Gasteiger partial charge in [-0.1, -0.05) is 64.0 Å². The standard InChI is InChI=1S/C27H23BrN2O3/c1-16-8-10-19(11-9-16)24-14-22(21-6-4-5-7-23(21)30-24)27(32)33-15-25(31)29-20-12-17(2)26(28)18(3)13-20/h4-14H,15H2,1-3H3,(H,29,31). The van der Waals surface area contributed by atoms with Crippen molar-refractivity contribution in [3.8, 4) is 11.3 Å². The van der Waals surface area contributed by atoms with E-state index in [4.69, 9.17) is 9.72 Å². The van der Waals surface area contributed by atoms with Gasteiger partial charge in [0.2, 0.25) is 0 Å². The molecule has 0 bridgehead atoms. The molecule has 0 fully saturated rings. The Kier molecular flexibility index (Phi) is 6.56. The third-order valence-corrected chi connectivity index (χ3v) is 6.59. The number of aromatic nitrogens is 1. The molecule has 0 saturated heterocycles. The maximum absolute atomic E-state index is 13.0. The molecule has 0 aliphatic rings. The number of anilines is 1. The fraction of sp³-hybridized carbons (Fsp3) is 0.148. The second kappa shape index (κ2) is 9.55. The number of nitrogens with one attached hydrogen (secondary N) is 1. The summed E-state index contributed by atoms with van der Waals surface area (Å²) in [5.41, 5.74) is 6.45. The van der Waals surface area contributed by atoms with Gasteiger partial charge in [0.15, 0.2) is 6.61 Å². The number of nitrogens with zero attached hydrogens (tertiary/aromatic N) is 1. The van der Waals surface area contributed by atoms with Crippen molar-refractivity contribution in [3.63, 3.8) is 0 Å². The molecule has 0 unspecified atom stereocenters. The van der Waals surface area contributed by atoms with Crippen LogP contribution in [0.4, 0.5) is 5.69 Å². The molecule has 0 radical (unpaired) electrons. The van der Waals surface area contributed by atoms with E-state index in [1.54, 1.807) is 6.07 Å². The largest absolute Gasteiger partial charge is 0.452 e. The van der Waals surface area contributed by atoms with Gasteiger partial charge in [0, 0.05) is 21.1 Å². The van der Waals surface area contributed by atoms with Gasteiger partial charge in [-0.05, 0) is 56.2 Å². The molecule has 0 saturated carbocycles. The van der Waals surface area contributed by atoms with Gasteiger partial charge in [-0.2, -0.15) is 0 Å². The van der Waals surface area contributed by atoms with Crippen molar-refractivity contribution in [2.45, 2.75) is 20.8 Å². The molecule has 1 heterocycles. The zero-order valence-corrected chi connectivity index (χ0v) is 20.2. The maximum atomic E-state index is 13.0. The zero-order chi connectivity index (χ0) is 23.5. The Labute approximate surface area is 200 Å². The number of benzene rings is 3. The Morgan fingerprint density at radius 3 is 2.30 bits per heavy atom. The molecule has 33 heavy (non-hydrogen) atoms. The molecule has 4 aromatic rings. The molecule has 0 atom stereocenters. The lowest BCUT2D eigenvalue weighted by atomic mass is 10.0. The van der Waals surface area contributed by atoms with E-state index in [1.807, 2.05) is 81.4 Å². The second-order valence-electron chi connectivity index (χ2n) is 7.99. The summed E-state index contributed by atoms with van der Waals surface area (Å²) in [4.78, 5) is 30.1. The molecule has 6 heteroatoms. The SMILES string of the molecule is Cc1ccc(-c2cc(C(=O)OCC(=O)Nc3cc(C)c(Br)c(C)c3)c3ccccc3n2)cc1. The first-order chi connectivity index (χ1) is 15.8. The average molecular weight is 503 g/mol. The van der Waals surface area contributed by atoms with Gasteiger partial charge in [0.25, 0.3) is 5.91 Å². The molecule has 1 amide bonds. The van der Waals surface area contributed by atoms with Crippen molar-refractivity contribution in [3.05, 3.63) is 93.5 Å². The van der Waals surface area contributed by atoms with Crippen LogP contribution in [0.15, 0.2) is 71.2 Å². The van der Waals surface area contributed by atoms with E-state index >= 15 is 0 Å². The molecule has 0 aliphatic heterocycles. The van der Waals surface area contributed by atoms with Crippen molar-refractivity contribution in [1.82, 2.24) is 4.98 Å². The van der Waals surface area contributed by atoms with E-state index in [2.05, 4.69) is 21.2 Å². The van der Waals surface area contributed by atoms with Crippen molar-refractivity contribution in [2.75, 3.05) is 11.9 Å². The molecule has 1 aromatic heterocycles. The summed E-state index contributed by atoms with van der Waals surface area (Å²) in [6.07, 6.45) is 0. The molecule has 166 valence electrons. The molecular formula is C27H23BrN2O3. The topological polar surface area (TPSA) is 68.3 Å². The minimum atomic E-state index is -0.569. The first-order valence-corrected chi connectivity index (χ1v) is 11.3. The number of hydrogen-bond donors (Lipinski definition) is 1. The van der Waals surface area contributed by atoms with Crippen LogP contribution >= 0.6 is 15.9 Å². The summed E-state index contributed by atoms with van der Waals surface area (Å²) >= 11 is 3.51. The molecule has 0 spiro atoms. The summed E-state index contributed by atoms with van der Waals surface area (Å²) in [6, 6.07) is 20.8. The summed E-state index contributed by atoms with van der Waals surface area (Å²) in [5.74, 6) is -0.970. The number of rotatable bonds is 5. The second-order valence-corrected chi connectivity index (χ2v) is 8.78. The highest BCUT2D eigenvalue weighted by Gasteiger charge is 2.17. The Bertz CT molecular complexity index is 1340. The Hall–Kier alpha value is -3.51. The van der Waals surface area contributed by atoms with Gasteiger partial charge in [0.1, 0.15) is 0 Å². The molecule has 4 rings (SSSR count).